The number of nitrogens with zero attached hydrogens (tertiary/aromatic N) is 1. The fourth-order valence-corrected chi connectivity index (χ4v) is 4.28. The topological polar surface area (TPSA) is 28.7 Å². The van der Waals surface area contributed by atoms with Gasteiger partial charge in [0.2, 0.25) is 0 Å². The number of aromatic amines is 1. The number of thioether (sulfide) groups is 1. The number of hydrogen-bond acceptors (Lipinski definition) is 2. The van der Waals surface area contributed by atoms with Crippen molar-refractivity contribution >= 4 is 35.6 Å². The Bertz CT molecular complexity index is 439. The van der Waals surface area contributed by atoms with Crippen LogP contribution in [0.25, 0.3) is 0 Å². The summed E-state index contributed by atoms with van der Waals surface area (Å²) in [5, 5.41) is 8.47. The summed E-state index contributed by atoms with van der Waals surface area (Å²) < 4.78 is 2.77. The van der Waals surface area contributed by atoms with E-state index in [2.05, 4.69) is 53.7 Å². The number of nitrogens with one attached hydrogen (secondary N) is 1. The second-order valence-corrected chi connectivity index (χ2v) is 6.17. The van der Waals surface area contributed by atoms with E-state index in [0.717, 1.165) is 5.03 Å². The number of hydrogen-bond donors (Lipinski definition) is 1. The molecule has 0 atom stereocenters. The predicted octanol–water partition coefficient (Wildman–Crippen LogP) is 1.10. The molecule has 1 heterocycles. The molecule has 0 aliphatic carbocycles. The summed E-state index contributed by atoms with van der Waals surface area (Å²) in [6, 6.07) is 10.6. The summed E-state index contributed by atoms with van der Waals surface area (Å²) in [5.74, 6) is 0. The zero-order chi connectivity index (χ0) is 10.7. The van der Waals surface area contributed by atoms with Crippen LogP contribution in [0.5, 0.6) is 0 Å². The molecule has 1 aromatic heterocycles. The van der Waals surface area contributed by atoms with Crippen molar-refractivity contribution in [3.63, 3.8) is 0 Å². The van der Waals surface area contributed by atoms with Crippen molar-refractivity contribution in [3.8, 4) is 0 Å². The van der Waals surface area contributed by atoms with E-state index in [-0.39, 0.29) is 0 Å². The van der Waals surface area contributed by atoms with Gasteiger partial charge in [-0.1, -0.05) is 0 Å². The SMILES string of the molecule is CSc1n[nH]c(C)c1[Se]c1ccccc1. The van der Waals surface area contributed by atoms with Crippen LogP contribution in [0, 0.1) is 6.92 Å². The maximum atomic E-state index is 4.28. The van der Waals surface area contributed by atoms with Gasteiger partial charge in [0.25, 0.3) is 0 Å². The number of H-pyrrole nitrogens is 1. The molecule has 0 amide bonds. The van der Waals surface area contributed by atoms with Crippen LogP contribution < -0.4 is 8.92 Å². The molecule has 0 aliphatic rings. The first kappa shape index (κ1) is 10.8. The first-order chi connectivity index (χ1) is 7.31. The van der Waals surface area contributed by atoms with Gasteiger partial charge in [-0.15, -0.1) is 0 Å². The quantitative estimate of drug-likeness (QED) is 0.675. The predicted molar refractivity (Wildman–Crippen MR) is 66.6 cm³/mol. The van der Waals surface area contributed by atoms with Crippen LogP contribution in [0.15, 0.2) is 35.4 Å². The molecule has 4 heteroatoms. The third kappa shape index (κ3) is 2.46. The average Bonchev–Trinajstić information content (AvgIpc) is 2.62. The summed E-state index contributed by atoms with van der Waals surface area (Å²) in [7, 11) is 0. The Labute approximate surface area is 100 Å². The Hall–Kier alpha value is -0.701. The van der Waals surface area contributed by atoms with E-state index in [1.807, 2.05) is 0 Å². The van der Waals surface area contributed by atoms with Crippen molar-refractivity contribution in [2.24, 2.45) is 0 Å². The number of aromatic nitrogens is 2. The van der Waals surface area contributed by atoms with Crippen LogP contribution in [0.4, 0.5) is 0 Å². The molecule has 0 saturated carbocycles. The summed E-state index contributed by atoms with van der Waals surface area (Å²) >= 11 is 2.07. The number of aryl methyl sites for hydroxylation is 1. The molecule has 0 bridgehead atoms. The Morgan fingerprint density at radius 2 is 2.00 bits per heavy atom. The Morgan fingerprint density at radius 1 is 1.27 bits per heavy atom. The fourth-order valence-electron chi connectivity index (χ4n) is 1.26. The van der Waals surface area contributed by atoms with E-state index >= 15 is 0 Å². The van der Waals surface area contributed by atoms with E-state index in [0.29, 0.717) is 15.0 Å². The third-order valence-electron chi connectivity index (χ3n) is 2.02. The fraction of sp³-hybridized carbons (Fsp3) is 0.182. The summed E-state index contributed by atoms with van der Waals surface area (Å²) in [4.78, 5) is 0. The maximum absolute atomic E-state index is 4.28. The first-order valence-electron chi connectivity index (χ1n) is 4.63. The normalized spacial score (nSPS) is 10.5. The van der Waals surface area contributed by atoms with E-state index < -0.39 is 0 Å². The molecule has 1 aromatic carbocycles. The monoisotopic (exact) mass is 284 g/mol. The second-order valence-electron chi connectivity index (χ2n) is 3.10. The van der Waals surface area contributed by atoms with Crippen LogP contribution in [-0.4, -0.2) is 31.4 Å². The Morgan fingerprint density at radius 3 is 2.67 bits per heavy atom. The molecule has 1 N–H and O–H groups in total. The van der Waals surface area contributed by atoms with Gasteiger partial charge in [-0.25, -0.2) is 0 Å². The molecule has 2 aromatic rings. The van der Waals surface area contributed by atoms with E-state index in [1.54, 1.807) is 11.8 Å². The van der Waals surface area contributed by atoms with Crippen LogP contribution >= 0.6 is 11.8 Å². The number of rotatable bonds is 3. The van der Waals surface area contributed by atoms with Crippen LogP contribution in [0.2, 0.25) is 0 Å². The first-order valence-corrected chi connectivity index (χ1v) is 7.57. The van der Waals surface area contributed by atoms with Crippen LogP contribution in [0.3, 0.4) is 0 Å². The van der Waals surface area contributed by atoms with Gasteiger partial charge in [0, 0.05) is 0 Å². The minimum atomic E-state index is 0.358. The summed E-state index contributed by atoms with van der Waals surface area (Å²) in [6.07, 6.45) is 2.07. The molecule has 0 saturated heterocycles. The van der Waals surface area contributed by atoms with Crippen molar-refractivity contribution in [2.45, 2.75) is 11.9 Å². The van der Waals surface area contributed by atoms with Crippen molar-refractivity contribution < 1.29 is 0 Å². The van der Waals surface area contributed by atoms with Gasteiger partial charge in [0.1, 0.15) is 0 Å². The molecule has 15 heavy (non-hydrogen) atoms. The van der Waals surface area contributed by atoms with E-state index in [9.17, 15) is 0 Å². The zero-order valence-corrected chi connectivity index (χ0v) is 11.2. The molecule has 78 valence electrons. The molecule has 0 unspecified atom stereocenters. The van der Waals surface area contributed by atoms with Gasteiger partial charge in [0.05, 0.1) is 0 Å². The summed E-state index contributed by atoms with van der Waals surface area (Å²) in [5.41, 5.74) is 1.20. The minimum absolute atomic E-state index is 0.358. The van der Waals surface area contributed by atoms with Crippen molar-refractivity contribution in [3.05, 3.63) is 36.0 Å². The molecule has 0 radical (unpaired) electrons. The molecule has 0 spiro atoms. The second kappa shape index (κ2) is 4.88. The van der Waals surface area contributed by atoms with E-state index in [4.69, 9.17) is 0 Å². The Balaban J connectivity index is 2.27. The van der Waals surface area contributed by atoms with Crippen molar-refractivity contribution in [1.82, 2.24) is 10.2 Å². The van der Waals surface area contributed by atoms with Crippen molar-refractivity contribution in [2.75, 3.05) is 6.26 Å². The van der Waals surface area contributed by atoms with Gasteiger partial charge in [-0.2, -0.15) is 0 Å². The summed E-state index contributed by atoms with van der Waals surface area (Å²) in [6.45, 7) is 2.09. The number of benzene rings is 1. The molecule has 2 rings (SSSR count). The van der Waals surface area contributed by atoms with Crippen molar-refractivity contribution in [1.29, 1.82) is 0 Å². The van der Waals surface area contributed by atoms with E-state index in [1.165, 1.54) is 14.6 Å². The van der Waals surface area contributed by atoms with Gasteiger partial charge in [-0.3, -0.25) is 0 Å². The van der Waals surface area contributed by atoms with Crippen LogP contribution in [0.1, 0.15) is 5.69 Å². The average molecular weight is 283 g/mol. The van der Waals surface area contributed by atoms with Gasteiger partial charge >= 0.3 is 100 Å². The van der Waals surface area contributed by atoms with Gasteiger partial charge < -0.3 is 0 Å². The molecule has 2 nitrogen and oxygen atoms in total. The van der Waals surface area contributed by atoms with Gasteiger partial charge in [-0.05, 0) is 0 Å². The molecular weight excluding hydrogens is 271 g/mol. The zero-order valence-electron chi connectivity index (χ0n) is 8.65. The molecular formula is C11H12N2SSe. The van der Waals surface area contributed by atoms with Crippen LogP contribution in [-0.2, 0) is 0 Å². The molecule has 0 fully saturated rings. The molecule has 0 aliphatic heterocycles. The third-order valence-corrected chi connectivity index (χ3v) is 5.53. The Kier molecular flexibility index (Phi) is 3.52. The standard InChI is InChI=1S/C11H12N2SSe/c1-8-10(11(14-2)13-12-8)15-9-6-4-3-5-7-9/h3-7H,1-2H3,(H,12,13). The van der Waals surface area contributed by atoms with Gasteiger partial charge in [0.15, 0.2) is 0 Å².